The Morgan fingerprint density at radius 1 is 1.06 bits per heavy atom. The van der Waals surface area contributed by atoms with Crippen LogP contribution < -0.4 is 10.6 Å². The van der Waals surface area contributed by atoms with E-state index < -0.39 is 0 Å². The van der Waals surface area contributed by atoms with Gasteiger partial charge in [-0.25, -0.2) is 0 Å². The topological polar surface area (TPSA) is 24.1 Å². The van der Waals surface area contributed by atoms with E-state index in [2.05, 4.69) is 47.1 Å². The van der Waals surface area contributed by atoms with E-state index in [0.717, 1.165) is 19.6 Å². The van der Waals surface area contributed by atoms with Gasteiger partial charge in [0.15, 0.2) is 0 Å². The first-order chi connectivity index (χ1) is 7.43. The number of hydrogen-bond acceptors (Lipinski definition) is 2. The van der Waals surface area contributed by atoms with Crippen LogP contribution in [0.4, 0.5) is 0 Å². The lowest BCUT2D eigenvalue weighted by Crippen LogP contribution is -2.19. The molecule has 0 aliphatic carbocycles. The van der Waals surface area contributed by atoms with Crippen LogP contribution in [0.3, 0.4) is 0 Å². The Morgan fingerprint density at radius 3 is 2.41 bits per heavy atom. The smallest absolute Gasteiger partial charge is 0.0138 e. The highest BCUT2D eigenvalue weighted by Gasteiger charge is 1.84. The lowest BCUT2D eigenvalue weighted by molar-refractivity contribution is 0.656. The van der Waals surface area contributed by atoms with Crippen molar-refractivity contribution < 1.29 is 0 Å². The average molecular weight is 277 g/mol. The predicted molar refractivity (Wildman–Crippen MR) is 81.4 cm³/mol. The van der Waals surface area contributed by atoms with E-state index in [1.54, 1.807) is 0 Å². The molecule has 1 aromatic rings. The number of nitrogens with one attached hydrogen (secondary N) is 2. The third-order valence-electron chi connectivity index (χ3n) is 2.15. The summed E-state index contributed by atoms with van der Waals surface area (Å²) in [5.74, 6) is 0. The van der Waals surface area contributed by atoms with Crippen molar-refractivity contribution in [3.05, 3.63) is 42.0 Å². The van der Waals surface area contributed by atoms with Crippen LogP contribution in [0.5, 0.6) is 0 Å². The molecule has 0 amide bonds. The fourth-order valence-electron chi connectivity index (χ4n) is 1.33. The second-order valence-corrected chi connectivity index (χ2v) is 3.47. The fraction of sp³-hybridized carbons (Fsp3) is 0.385. The summed E-state index contributed by atoms with van der Waals surface area (Å²) in [7, 11) is 1.98. The maximum atomic E-state index is 3.36. The van der Waals surface area contributed by atoms with Gasteiger partial charge < -0.3 is 10.6 Å². The SMILES string of the molecule is CNCCCNC/C=C/c1ccccc1.Cl.Cl. The van der Waals surface area contributed by atoms with Crippen LogP contribution in [0.15, 0.2) is 36.4 Å². The summed E-state index contributed by atoms with van der Waals surface area (Å²) in [6, 6.07) is 10.4. The van der Waals surface area contributed by atoms with Crippen molar-refractivity contribution in [3.63, 3.8) is 0 Å². The molecule has 0 aliphatic rings. The Balaban J connectivity index is 0. The summed E-state index contributed by atoms with van der Waals surface area (Å²) >= 11 is 0. The Bertz CT molecular complexity index is 276. The van der Waals surface area contributed by atoms with Gasteiger partial charge >= 0.3 is 0 Å². The molecule has 0 heterocycles. The molecule has 0 spiro atoms. The van der Waals surface area contributed by atoms with Gasteiger partial charge in [-0.15, -0.1) is 24.8 Å². The average Bonchev–Trinajstić information content (AvgIpc) is 2.29. The van der Waals surface area contributed by atoms with Crippen LogP contribution in [0.1, 0.15) is 12.0 Å². The number of hydrogen-bond donors (Lipinski definition) is 2. The van der Waals surface area contributed by atoms with Crippen LogP contribution in [0.2, 0.25) is 0 Å². The Morgan fingerprint density at radius 2 is 1.76 bits per heavy atom. The molecule has 0 unspecified atom stereocenters. The minimum absolute atomic E-state index is 0. The molecule has 0 radical (unpaired) electrons. The van der Waals surface area contributed by atoms with Gasteiger partial charge in [-0.3, -0.25) is 0 Å². The minimum Gasteiger partial charge on any atom is -0.320 e. The van der Waals surface area contributed by atoms with E-state index >= 15 is 0 Å². The molecule has 0 aromatic heterocycles. The molecule has 0 aliphatic heterocycles. The molecule has 2 N–H and O–H groups in total. The van der Waals surface area contributed by atoms with Crippen molar-refractivity contribution >= 4 is 30.9 Å². The van der Waals surface area contributed by atoms with Crippen LogP contribution in [-0.2, 0) is 0 Å². The monoisotopic (exact) mass is 276 g/mol. The van der Waals surface area contributed by atoms with Gasteiger partial charge in [0.1, 0.15) is 0 Å². The molecule has 0 atom stereocenters. The van der Waals surface area contributed by atoms with Crippen LogP contribution >= 0.6 is 24.8 Å². The molecule has 2 nitrogen and oxygen atoms in total. The minimum atomic E-state index is 0. The molecular weight excluding hydrogens is 255 g/mol. The zero-order chi connectivity index (χ0) is 10.8. The standard InChI is InChI=1S/C13H20N2.2ClH/c1-14-10-6-12-15-11-5-9-13-7-3-2-4-8-13;;/h2-5,7-9,14-15H,6,10-12H2,1H3;2*1H/b9-5+;;. The highest BCUT2D eigenvalue weighted by atomic mass is 35.5. The second-order valence-electron chi connectivity index (χ2n) is 3.47. The third-order valence-corrected chi connectivity index (χ3v) is 2.15. The maximum absolute atomic E-state index is 3.36. The molecule has 98 valence electrons. The molecule has 0 fully saturated rings. The van der Waals surface area contributed by atoms with E-state index in [9.17, 15) is 0 Å². The van der Waals surface area contributed by atoms with Crippen molar-refractivity contribution in [2.24, 2.45) is 0 Å². The summed E-state index contributed by atoms with van der Waals surface area (Å²) < 4.78 is 0. The summed E-state index contributed by atoms with van der Waals surface area (Å²) in [4.78, 5) is 0. The van der Waals surface area contributed by atoms with E-state index in [0.29, 0.717) is 0 Å². The van der Waals surface area contributed by atoms with Gasteiger partial charge in [0, 0.05) is 6.54 Å². The highest BCUT2D eigenvalue weighted by molar-refractivity contribution is 5.85. The van der Waals surface area contributed by atoms with Crippen molar-refractivity contribution in [2.75, 3.05) is 26.7 Å². The summed E-state index contributed by atoms with van der Waals surface area (Å²) in [5.41, 5.74) is 1.26. The largest absolute Gasteiger partial charge is 0.320 e. The maximum Gasteiger partial charge on any atom is 0.0138 e. The van der Waals surface area contributed by atoms with Gasteiger partial charge in [0.05, 0.1) is 0 Å². The van der Waals surface area contributed by atoms with Gasteiger partial charge in [0.25, 0.3) is 0 Å². The normalized spacial score (nSPS) is 9.71. The number of halogens is 2. The third kappa shape index (κ3) is 10.3. The molecule has 1 aromatic carbocycles. The van der Waals surface area contributed by atoms with Gasteiger partial charge in [0.2, 0.25) is 0 Å². The van der Waals surface area contributed by atoms with E-state index in [4.69, 9.17) is 0 Å². The van der Waals surface area contributed by atoms with Crippen molar-refractivity contribution in [1.82, 2.24) is 10.6 Å². The first-order valence-corrected chi connectivity index (χ1v) is 5.50. The molecule has 0 bridgehead atoms. The first kappa shape index (κ1) is 18.8. The van der Waals surface area contributed by atoms with E-state index in [1.165, 1.54) is 12.0 Å². The van der Waals surface area contributed by atoms with E-state index in [1.807, 2.05) is 13.1 Å². The van der Waals surface area contributed by atoms with Gasteiger partial charge in [-0.1, -0.05) is 42.5 Å². The highest BCUT2D eigenvalue weighted by Crippen LogP contribution is 1.99. The van der Waals surface area contributed by atoms with Crippen molar-refractivity contribution in [2.45, 2.75) is 6.42 Å². The molecule has 4 heteroatoms. The molecule has 1 rings (SSSR count). The van der Waals surface area contributed by atoms with Crippen molar-refractivity contribution in [1.29, 1.82) is 0 Å². The molecular formula is C13H22Cl2N2. The Kier molecular flexibility index (Phi) is 15.0. The van der Waals surface area contributed by atoms with Crippen LogP contribution in [0.25, 0.3) is 6.08 Å². The summed E-state index contributed by atoms with van der Waals surface area (Å²) in [6.45, 7) is 3.09. The summed E-state index contributed by atoms with van der Waals surface area (Å²) in [6.07, 6.45) is 5.48. The quantitative estimate of drug-likeness (QED) is 0.749. The zero-order valence-electron chi connectivity index (χ0n) is 10.2. The molecule has 17 heavy (non-hydrogen) atoms. The van der Waals surface area contributed by atoms with Crippen molar-refractivity contribution in [3.8, 4) is 0 Å². The van der Waals surface area contributed by atoms with Crippen LogP contribution in [0, 0.1) is 0 Å². The zero-order valence-corrected chi connectivity index (χ0v) is 11.8. The Hall–Kier alpha value is -0.540. The van der Waals surface area contributed by atoms with Gasteiger partial charge in [-0.05, 0) is 32.1 Å². The van der Waals surface area contributed by atoms with Crippen LogP contribution in [-0.4, -0.2) is 26.7 Å². The summed E-state index contributed by atoms with van der Waals surface area (Å²) in [5, 5.41) is 6.49. The molecule has 0 saturated carbocycles. The number of benzene rings is 1. The first-order valence-electron chi connectivity index (χ1n) is 5.50. The lowest BCUT2D eigenvalue weighted by Gasteiger charge is -2.00. The lowest BCUT2D eigenvalue weighted by atomic mass is 10.2. The van der Waals surface area contributed by atoms with E-state index in [-0.39, 0.29) is 24.8 Å². The second kappa shape index (κ2) is 13.5. The predicted octanol–water partition coefficient (Wildman–Crippen LogP) is 2.74. The number of rotatable bonds is 7. The fourth-order valence-corrected chi connectivity index (χ4v) is 1.33. The van der Waals surface area contributed by atoms with Gasteiger partial charge in [-0.2, -0.15) is 0 Å². The Labute approximate surface area is 117 Å². The molecule has 0 saturated heterocycles.